The van der Waals surface area contributed by atoms with Crippen molar-refractivity contribution >= 4 is 12.6 Å². The Hall–Kier alpha value is -1.08. The van der Waals surface area contributed by atoms with E-state index in [-0.39, 0.29) is 30.0 Å². The number of benzene rings is 1. The van der Waals surface area contributed by atoms with Crippen LogP contribution in [0.2, 0.25) is 0 Å². The summed E-state index contributed by atoms with van der Waals surface area (Å²) >= 11 is 0. The molecular formula is C21H31BO5. The van der Waals surface area contributed by atoms with Crippen LogP contribution < -0.4 is 10.2 Å². The zero-order valence-corrected chi connectivity index (χ0v) is 17.0. The molecule has 1 unspecified atom stereocenters. The van der Waals surface area contributed by atoms with Gasteiger partial charge in [-0.3, -0.25) is 0 Å². The van der Waals surface area contributed by atoms with Crippen molar-refractivity contribution in [3.05, 3.63) is 24.3 Å². The quantitative estimate of drug-likeness (QED) is 0.761. The van der Waals surface area contributed by atoms with Crippen molar-refractivity contribution in [3.63, 3.8) is 0 Å². The maximum Gasteiger partial charge on any atom is 0.494 e. The van der Waals surface area contributed by atoms with Gasteiger partial charge in [0.05, 0.1) is 23.4 Å². The van der Waals surface area contributed by atoms with Gasteiger partial charge in [0.25, 0.3) is 0 Å². The molecule has 3 saturated heterocycles. The highest BCUT2D eigenvalue weighted by Gasteiger charge is 2.51. The maximum absolute atomic E-state index is 6.36. The van der Waals surface area contributed by atoms with E-state index in [2.05, 4.69) is 27.7 Å². The van der Waals surface area contributed by atoms with Gasteiger partial charge < -0.3 is 23.5 Å². The van der Waals surface area contributed by atoms with Gasteiger partial charge in [0, 0.05) is 26.1 Å². The average molecular weight is 374 g/mol. The molecule has 3 aliphatic rings. The lowest BCUT2D eigenvalue weighted by atomic mass is 9.79. The van der Waals surface area contributed by atoms with Crippen LogP contribution in [0.1, 0.15) is 53.4 Å². The highest BCUT2D eigenvalue weighted by atomic mass is 16.7. The van der Waals surface area contributed by atoms with Gasteiger partial charge in [-0.05, 0) is 58.1 Å². The number of ether oxygens (including phenoxy) is 3. The highest BCUT2D eigenvalue weighted by molar-refractivity contribution is 6.62. The van der Waals surface area contributed by atoms with Crippen molar-refractivity contribution in [3.8, 4) is 5.75 Å². The average Bonchev–Trinajstić information content (AvgIpc) is 2.84. The first-order chi connectivity index (χ1) is 12.8. The van der Waals surface area contributed by atoms with E-state index in [0.29, 0.717) is 0 Å². The molecule has 0 radical (unpaired) electrons. The molecule has 0 aromatic heterocycles. The summed E-state index contributed by atoms with van der Waals surface area (Å²) in [6.07, 6.45) is 3.94. The van der Waals surface area contributed by atoms with Crippen molar-refractivity contribution in [2.75, 3.05) is 19.8 Å². The van der Waals surface area contributed by atoms with Crippen molar-refractivity contribution in [2.45, 2.75) is 76.3 Å². The molecule has 5 nitrogen and oxygen atoms in total. The van der Waals surface area contributed by atoms with E-state index in [4.69, 9.17) is 23.5 Å². The van der Waals surface area contributed by atoms with Crippen LogP contribution in [0.3, 0.4) is 0 Å². The van der Waals surface area contributed by atoms with Crippen LogP contribution in [0.25, 0.3) is 0 Å². The first-order valence-corrected chi connectivity index (χ1v) is 10.1. The summed E-state index contributed by atoms with van der Waals surface area (Å²) in [6, 6.07) is 8.12. The Balaban J connectivity index is 1.44. The van der Waals surface area contributed by atoms with E-state index < -0.39 is 0 Å². The molecule has 3 heterocycles. The molecule has 0 N–H and O–H groups in total. The molecule has 1 spiro atoms. The third-order valence-corrected chi connectivity index (χ3v) is 6.54. The summed E-state index contributed by atoms with van der Waals surface area (Å²) in [5.74, 6) is 0.872. The van der Waals surface area contributed by atoms with Gasteiger partial charge in [0.2, 0.25) is 0 Å². The van der Waals surface area contributed by atoms with E-state index in [1.807, 2.05) is 24.3 Å². The van der Waals surface area contributed by atoms with E-state index in [9.17, 15) is 0 Å². The zero-order valence-electron chi connectivity index (χ0n) is 17.0. The second-order valence-corrected chi connectivity index (χ2v) is 9.04. The van der Waals surface area contributed by atoms with Crippen LogP contribution >= 0.6 is 0 Å². The van der Waals surface area contributed by atoms with Crippen molar-refractivity contribution in [1.82, 2.24) is 0 Å². The van der Waals surface area contributed by atoms with E-state index in [1.165, 1.54) is 0 Å². The molecular weight excluding hydrogens is 343 g/mol. The van der Waals surface area contributed by atoms with Crippen LogP contribution in [0, 0.1) is 0 Å². The molecule has 27 heavy (non-hydrogen) atoms. The van der Waals surface area contributed by atoms with Crippen molar-refractivity contribution in [2.24, 2.45) is 0 Å². The van der Waals surface area contributed by atoms with E-state index >= 15 is 0 Å². The minimum atomic E-state index is -0.366. The lowest BCUT2D eigenvalue weighted by Gasteiger charge is -2.43. The van der Waals surface area contributed by atoms with Gasteiger partial charge in [0.15, 0.2) is 0 Å². The van der Waals surface area contributed by atoms with Crippen molar-refractivity contribution < 1.29 is 23.5 Å². The van der Waals surface area contributed by atoms with Gasteiger partial charge in [-0.1, -0.05) is 12.1 Å². The van der Waals surface area contributed by atoms with E-state index in [0.717, 1.165) is 56.7 Å². The Kier molecular flexibility index (Phi) is 5.04. The lowest BCUT2D eigenvalue weighted by molar-refractivity contribution is -0.155. The Labute approximate surface area is 162 Å². The zero-order chi connectivity index (χ0) is 19.1. The molecule has 1 atom stereocenters. The highest BCUT2D eigenvalue weighted by Crippen LogP contribution is 2.37. The van der Waals surface area contributed by atoms with Crippen molar-refractivity contribution in [1.29, 1.82) is 0 Å². The summed E-state index contributed by atoms with van der Waals surface area (Å²) in [5.41, 5.74) is 0.249. The Bertz CT molecular complexity index is 647. The predicted octanol–water partition coefficient (Wildman–Crippen LogP) is 3.09. The Morgan fingerprint density at radius 1 is 1.00 bits per heavy atom. The second kappa shape index (κ2) is 7.07. The predicted molar refractivity (Wildman–Crippen MR) is 105 cm³/mol. The fourth-order valence-corrected chi connectivity index (χ4v) is 4.08. The van der Waals surface area contributed by atoms with Crippen LogP contribution in [0.15, 0.2) is 24.3 Å². The fraction of sp³-hybridized carbons (Fsp3) is 0.714. The molecule has 1 aromatic rings. The van der Waals surface area contributed by atoms with Crippen LogP contribution in [0.4, 0.5) is 0 Å². The summed E-state index contributed by atoms with van der Waals surface area (Å²) in [6.45, 7) is 10.6. The summed E-state index contributed by atoms with van der Waals surface area (Å²) in [5, 5.41) is 0. The van der Waals surface area contributed by atoms with Crippen LogP contribution in [-0.2, 0) is 18.8 Å². The summed E-state index contributed by atoms with van der Waals surface area (Å²) in [4.78, 5) is 0. The van der Waals surface area contributed by atoms with Gasteiger partial charge in [0.1, 0.15) is 11.9 Å². The number of hydrogen-bond donors (Lipinski definition) is 0. The van der Waals surface area contributed by atoms with Gasteiger partial charge in [-0.2, -0.15) is 0 Å². The minimum absolute atomic E-state index is 0.0650. The molecule has 0 aliphatic carbocycles. The molecule has 0 bridgehead atoms. The SMILES string of the molecule is CC1(C)OB(c2cccc(OC3CCOC4(CCOCC4)C3)c2)OC1(C)C. The first kappa shape index (κ1) is 19.3. The normalized spacial score (nSPS) is 29.0. The third kappa shape index (κ3) is 3.90. The van der Waals surface area contributed by atoms with E-state index in [1.54, 1.807) is 0 Å². The molecule has 6 heteroatoms. The summed E-state index contributed by atoms with van der Waals surface area (Å²) < 4.78 is 30.3. The monoisotopic (exact) mass is 374 g/mol. The maximum atomic E-state index is 6.36. The standard InChI is InChI=1S/C21H31BO5/c1-19(2)20(3,4)27-22(26-19)16-6-5-7-17(14-16)25-18-8-11-24-21(15-18)9-12-23-13-10-21/h5-7,14,18H,8-13,15H2,1-4H3. The number of rotatable bonds is 3. The number of hydrogen-bond acceptors (Lipinski definition) is 5. The Morgan fingerprint density at radius 3 is 2.41 bits per heavy atom. The Morgan fingerprint density at radius 2 is 1.70 bits per heavy atom. The molecule has 3 fully saturated rings. The third-order valence-electron chi connectivity index (χ3n) is 6.54. The lowest BCUT2D eigenvalue weighted by Crippen LogP contribution is -2.47. The molecule has 4 rings (SSSR count). The fourth-order valence-electron chi connectivity index (χ4n) is 4.08. The topological polar surface area (TPSA) is 46.2 Å². The van der Waals surface area contributed by atoms with Gasteiger partial charge in [-0.15, -0.1) is 0 Å². The molecule has 0 saturated carbocycles. The first-order valence-electron chi connectivity index (χ1n) is 10.1. The van der Waals surface area contributed by atoms with Gasteiger partial charge in [-0.25, -0.2) is 0 Å². The summed E-state index contributed by atoms with van der Waals surface area (Å²) in [7, 11) is -0.366. The second-order valence-electron chi connectivity index (χ2n) is 9.04. The minimum Gasteiger partial charge on any atom is -0.490 e. The van der Waals surface area contributed by atoms with Crippen LogP contribution in [-0.4, -0.2) is 49.8 Å². The molecule has 148 valence electrons. The van der Waals surface area contributed by atoms with Crippen LogP contribution in [0.5, 0.6) is 5.75 Å². The molecule has 1 aromatic carbocycles. The van der Waals surface area contributed by atoms with Gasteiger partial charge >= 0.3 is 7.12 Å². The molecule has 3 aliphatic heterocycles. The molecule has 0 amide bonds. The smallest absolute Gasteiger partial charge is 0.490 e. The largest absolute Gasteiger partial charge is 0.494 e.